The SMILES string of the molecule is Cc1ccc(S(=O)(=O)N[C@@H]2CCS(=O)(=O)C2)cc1[N+](=O)[O-]. The number of aryl methyl sites for hydroxylation is 1. The molecule has 1 aromatic carbocycles. The van der Waals surface area contributed by atoms with E-state index in [2.05, 4.69) is 4.72 Å². The number of sulfonamides is 1. The summed E-state index contributed by atoms with van der Waals surface area (Å²) in [7, 11) is -7.20. The molecule has 1 saturated heterocycles. The van der Waals surface area contributed by atoms with Gasteiger partial charge < -0.3 is 0 Å². The summed E-state index contributed by atoms with van der Waals surface area (Å²) < 4.78 is 49.3. The van der Waals surface area contributed by atoms with Crippen molar-refractivity contribution in [2.75, 3.05) is 11.5 Å². The van der Waals surface area contributed by atoms with E-state index in [1.54, 1.807) is 0 Å². The van der Waals surface area contributed by atoms with Crippen LogP contribution in [0.2, 0.25) is 0 Å². The third-order valence-corrected chi connectivity index (χ3v) is 6.53. The van der Waals surface area contributed by atoms with E-state index in [0.717, 1.165) is 6.07 Å². The summed E-state index contributed by atoms with van der Waals surface area (Å²) in [6.45, 7) is 1.51. The highest BCUT2D eigenvalue weighted by Crippen LogP contribution is 2.23. The molecule has 8 nitrogen and oxygen atoms in total. The zero-order valence-corrected chi connectivity index (χ0v) is 12.8. The van der Waals surface area contributed by atoms with Crippen molar-refractivity contribution in [3.8, 4) is 0 Å². The van der Waals surface area contributed by atoms with Crippen LogP contribution in [0.1, 0.15) is 12.0 Å². The number of sulfone groups is 1. The molecule has 0 unspecified atom stereocenters. The maximum atomic E-state index is 12.2. The highest BCUT2D eigenvalue weighted by Gasteiger charge is 2.32. The predicted molar refractivity (Wildman–Crippen MR) is 75.2 cm³/mol. The molecule has 1 atom stereocenters. The van der Waals surface area contributed by atoms with Crippen LogP contribution in [0.3, 0.4) is 0 Å². The molecule has 1 heterocycles. The number of nitro groups is 1. The van der Waals surface area contributed by atoms with Crippen LogP contribution in [0.15, 0.2) is 23.1 Å². The number of benzene rings is 1. The number of hydrogen-bond acceptors (Lipinski definition) is 6. The Morgan fingerprint density at radius 2 is 2.05 bits per heavy atom. The summed E-state index contributed by atoms with van der Waals surface area (Å²) in [5.74, 6) is -0.311. The lowest BCUT2D eigenvalue weighted by molar-refractivity contribution is -0.385. The zero-order valence-electron chi connectivity index (χ0n) is 11.1. The Labute approximate surface area is 122 Å². The molecular weight excluding hydrogens is 320 g/mol. The minimum absolute atomic E-state index is 0.0613. The highest BCUT2D eigenvalue weighted by molar-refractivity contribution is 7.92. The van der Waals surface area contributed by atoms with Crippen LogP contribution >= 0.6 is 0 Å². The van der Waals surface area contributed by atoms with Crippen molar-refractivity contribution in [3.05, 3.63) is 33.9 Å². The van der Waals surface area contributed by atoms with Gasteiger partial charge in [-0.3, -0.25) is 10.1 Å². The molecule has 1 aromatic rings. The number of hydrogen-bond donors (Lipinski definition) is 1. The molecule has 10 heteroatoms. The molecule has 0 radical (unpaired) electrons. The van der Waals surface area contributed by atoms with Crippen LogP contribution in [-0.4, -0.2) is 39.3 Å². The fourth-order valence-corrected chi connectivity index (χ4v) is 5.20. The minimum Gasteiger partial charge on any atom is -0.258 e. The molecule has 1 fully saturated rings. The molecular formula is C11H14N2O6S2. The van der Waals surface area contributed by atoms with Crippen LogP contribution in [0.4, 0.5) is 5.69 Å². The van der Waals surface area contributed by atoms with Crippen LogP contribution in [0, 0.1) is 17.0 Å². The molecule has 116 valence electrons. The Morgan fingerprint density at radius 1 is 1.38 bits per heavy atom. The molecule has 1 aliphatic heterocycles. The molecule has 0 aromatic heterocycles. The quantitative estimate of drug-likeness (QED) is 0.626. The smallest absolute Gasteiger partial charge is 0.258 e. The summed E-state index contributed by atoms with van der Waals surface area (Å²) in [6.07, 6.45) is 0.204. The van der Waals surface area contributed by atoms with E-state index in [0.29, 0.717) is 5.56 Å². The maximum absolute atomic E-state index is 12.2. The second-order valence-electron chi connectivity index (χ2n) is 4.93. The highest BCUT2D eigenvalue weighted by atomic mass is 32.2. The van der Waals surface area contributed by atoms with Crippen LogP contribution < -0.4 is 4.72 Å². The fourth-order valence-electron chi connectivity index (χ4n) is 2.13. The summed E-state index contributed by atoms with van der Waals surface area (Å²) in [6, 6.07) is 2.88. The minimum atomic E-state index is -3.99. The standard InChI is InChI=1S/C11H14N2O6S2/c1-8-2-3-10(6-11(8)13(14)15)21(18,19)12-9-4-5-20(16,17)7-9/h2-3,6,9,12H,4-5,7H2,1H3/t9-/m1/s1. The lowest BCUT2D eigenvalue weighted by Crippen LogP contribution is -2.35. The largest absolute Gasteiger partial charge is 0.273 e. The normalized spacial score (nSPS) is 21.3. The monoisotopic (exact) mass is 334 g/mol. The van der Waals surface area contributed by atoms with E-state index in [-0.39, 0.29) is 28.5 Å². The van der Waals surface area contributed by atoms with Gasteiger partial charge in [0.25, 0.3) is 5.69 Å². The van der Waals surface area contributed by atoms with Gasteiger partial charge in [0.05, 0.1) is 21.3 Å². The molecule has 0 aliphatic carbocycles. The Kier molecular flexibility index (Phi) is 4.04. The lowest BCUT2D eigenvalue weighted by atomic mass is 10.2. The first-order chi connectivity index (χ1) is 9.61. The van der Waals surface area contributed by atoms with E-state index in [1.165, 1.54) is 19.1 Å². The van der Waals surface area contributed by atoms with Crippen molar-refractivity contribution in [1.29, 1.82) is 0 Å². The Morgan fingerprint density at radius 3 is 2.57 bits per heavy atom. The van der Waals surface area contributed by atoms with Gasteiger partial charge in [-0.15, -0.1) is 0 Å². The topological polar surface area (TPSA) is 123 Å². The Balaban J connectivity index is 2.28. The van der Waals surface area contributed by atoms with Crippen LogP contribution in [-0.2, 0) is 19.9 Å². The first-order valence-electron chi connectivity index (χ1n) is 6.08. The van der Waals surface area contributed by atoms with Gasteiger partial charge in [0.15, 0.2) is 9.84 Å². The fraction of sp³-hybridized carbons (Fsp3) is 0.455. The van der Waals surface area contributed by atoms with Crippen molar-refractivity contribution >= 4 is 25.5 Å². The molecule has 0 spiro atoms. The van der Waals surface area contributed by atoms with Gasteiger partial charge >= 0.3 is 0 Å². The van der Waals surface area contributed by atoms with Gasteiger partial charge in [0.2, 0.25) is 10.0 Å². The molecule has 1 aliphatic rings. The van der Waals surface area contributed by atoms with Crippen LogP contribution in [0.5, 0.6) is 0 Å². The van der Waals surface area contributed by atoms with Gasteiger partial charge in [-0.1, -0.05) is 6.07 Å². The third-order valence-electron chi connectivity index (χ3n) is 3.24. The summed E-state index contributed by atoms with van der Waals surface area (Å²) in [4.78, 5) is 9.94. The first kappa shape index (κ1) is 15.9. The summed E-state index contributed by atoms with van der Waals surface area (Å²) >= 11 is 0. The second-order valence-corrected chi connectivity index (χ2v) is 8.87. The van der Waals surface area contributed by atoms with Crippen molar-refractivity contribution in [2.24, 2.45) is 0 Å². The summed E-state index contributed by atoms with van der Waals surface area (Å²) in [5.41, 5.74) is 0.0549. The predicted octanol–water partition coefficient (Wildman–Crippen LogP) is 0.369. The Hall–Kier alpha value is -1.52. The average Bonchev–Trinajstić information content (AvgIpc) is 2.67. The van der Waals surface area contributed by atoms with Crippen molar-refractivity contribution < 1.29 is 21.8 Å². The number of rotatable bonds is 4. The first-order valence-corrected chi connectivity index (χ1v) is 9.39. The van der Waals surface area contributed by atoms with E-state index in [4.69, 9.17) is 0 Å². The van der Waals surface area contributed by atoms with Crippen molar-refractivity contribution in [1.82, 2.24) is 4.72 Å². The van der Waals surface area contributed by atoms with E-state index >= 15 is 0 Å². The second kappa shape index (κ2) is 5.35. The molecule has 0 bridgehead atoms. The lowest BCUT2D eigenvalue weighted by Gasteiger charge is -2.11. The van der Waals surface area contributed by atoms with Gasteiger partial charge in [-0.05, 0) is 19.4 Å². The molecule has 0 amide bonds. The maximum Gasteiger partial charge on any atom is 0.273 e. The molecule has 0 saturated carbocycles. The van der Waals surface area contributed by atoms with E-state index in [1.807, 2.05) is 0 Å². The van der Waals surface area contributed by atoms with Gasteiger partial charge in [0.1, 0.15) is 0 Å². The average molecular weight is 334 g/mol. The van der Waals surface area contributed by atoms with Crippen molar-refractivity contribution in [3.63, 3.8) is 0 Å². The summed E-state index contributed by atoms with van der Waals surface area (Å²) in [5, 5.41) is 10.8. The number of nitrogens with one attached hydrogen (secondary N) is 1. The van der Waals surface area contributed by atoms with E-state index in [9.17, 15) is 26.9 Å². The van der Waals surface area contributed by atoms with E-state index < -0.39 is 30.8 Å². The molecule has 1 N–H and O–H groups in total. The molecule has 21 heavy (non-hydrogen) atoms. The van der Waals surface area contributed by atoms with Crippen LogP contribution in [0.25, 0.3) is 0 Å². The van der Waals surface area contributed by atoms with Gasteiger partial charge in [-0.25, -0.2) is 21.6 Å². The Bertz CT molecular complexity index is 785. The number of nitro benzene ring substituents is 1. The number of nitrogens with zero attached hydrogens (tertiary/aromatic N) is 1. The third kappa shape index (κ3) is 3.57. The van der Waals surface area contributed by atoms with Crippen molar-refractivity contribution in [2.45, 2.75) is 24.3 Å². The van der Waals surface area contributed by atoms with Gasteiger partial charge in [-0.2, -0.15) is 0 Å². The van der Waals surface area contributed by atoms with Gasteiger partial charge in [0, 0.05) is 17.7 Å². The molecule has 2 rings (SSSR count). The zero-order chi connectivity index (χ0) is 15.8.